The summed E-state index contributed by atoms with van der Waals surface area (Å²) in [6.45, 7) is 14.9. The fourth-order valence-electron chi connectivity index (χ4n) is 8.10. The summed E-state index contributed by atoms with van der Waals surface area (Å²) in [5.74, 6) is -0.287. The lowest BCUT2D eigenvalue weighted by Gasteiger charge is -2.51. The number of nitrogens with one attached hydrogen (secondary N) is 3. The third-order valence-electron chi connectivity index (χ3n) is 11.2. The minimum absolute atomic E-state index is 0.0295. The number of aromatic nitrogens is 1. The number of rotatable bonds is 14. The topological polar surface area (TPSA) is 131 Å². The van der Waals surface area contributed by atoms with Gasteiger partial charge in [-0.1, -0.05) is 51.6 Å². The zero-order valence-corrected chi connectivity index (χ0v) is 31.4. The SMILES string of the molecule is C=CO[C@@H]1C[C@@H](C(=O)NCc2ccc(-c3scnc3C)cc2)N(C(=O)[C@@H](NC(=O)COC2CC(OCC3CC4(CCNCC4)C3)C2)C(C)(C)C)C1. The summed E-state index contributed by atoms with van der Waals surface area (Å²) in [5, 5.41) is 9.40. The number of carbonyl (C=O) groups is 3. The summed E-state index contributed by atoms with van der Waals surface area (Å²) >= 11 is 1.60. The summed E-state index contributed by atoms with van der Waals surface area (Å²) in [7, 11) is 0. The van der Waals surface area contributed by atoms with Crippen molar-refractivity contribution in [1.29, 1.82) is 0 Å². The fourth-order valence-corrected chi connectivity index (χ4v) is 8.92. The molecule has 0 bridgehead atoms. The Bertz CT molecular complexity index is 1520. The van der Waals surface area contributed by atoms with Gasteiger partial charge < -0.3 is 35.1 Å². The molecule has 3 heterocycles. The molecule has 12 heteroatoms. The first-order chi connectivity index (χ1) is 24.4. The van der Waals surface area contributed by atoms with E-state index in [1.807, 2.05) is 57.5 Å². The number of nitrogens with zero attached hydrogens (tertiary/aromatic N) is 2. The molecule has 11 nitrogen and oxygen atoms in total. The van der Waals surface area contributed by atoms with Gasteiger partial charge in [-0.05, 0) is 86.4 Å². The van der Waals surface area contributed by atoms with Crippen molar-refractivity contribution in [2.75, 3.05) is 32.8 Å². The number of carbonyl (C=O) groups excluding carboxylic acids is 3. The van der Waals surface area contributed by atoms with Crippen LogP contribution in [0.15, 0.2) is 42.6 Å². The fraction of sp³-hybridized carbons (Fsp3) is 0.641. The third-order valence-corrected chi connectivity index (χ3v) is 12.1. The summed E-state index contributed by atoms with van der Waals surface area (Å²) in [5.41, 5.74) is 4.79. The van der Waals surface area contributed by atoms with E-state index < -0.39 is 17.5 Å². The second-order valence-electron chi connectivity index (χ2n) is 16.1. The van der Waals surface area contributed by atoms with E-state index in [4.69, 9.17) is 14.2 Å². The van der Waals surface area contributed by atoms with Gasteiger partial charge in [0.05, 0.1) is 41.1 Å². The van der Waals surface area contributed by atoms with Crippen molar-refractivity contribution >= 4 is 29.1 Å². The molecule has 2 saturated carbocycles. The molecule has 3 amide bonds. The van der Waals surface area contributed by atoms with Crippen molar-refractivity contribution in [2.24, 2.45) is 16.7 Å². The first-order valence-electron chi connectivity index (χ1n) is 18.5. The van der Waals surface area contributed by atoms with Crippen molar-refractivity contribution in [1.82, 2.24) is 25.8 Å². The molecule has 3 N–H and O–H groups in total. The van der Waals surface area contributed by atoms with E-state index in [1.165, 1.54) is 31.9 Å². The van der Waals surface area contributed by atoms with E-state index in [-0.39, 0.29) is 49.2 Å². The van der Waals surface area contributed by atoms with Gasteiger partial charge in [0.15, 0.2) is 0 Å². The van der Waals surface area contributed by atoms with E-state index >= 15 is 0 Å². The van der Waals surface area contributed by atoms with Gasteiger partial charge in [0, 0.05) is 19.6 Å². The number of hydrogen-bond acceptors (Lipinski definition) is 9. The maximum atomic E-state index is 14.1. The molecule has 4 fully saturated rings. The van der Waals surface area contributed by atoms with Gasteiger partial charge in [-0.3, -0.25) is 14.4 Å². The van der Waals surface area contributed by atoms with Gasteiger partial charge in [-0.15, -0.1) is 11.3 Å². The van der Waals surface area contributed by atoms with Crippen molar-refractivity contribution in [3.05, 3.63) is 53.9 Å². The minimum Gasteiger partial charge on any atom is -0.497 e. The first-order valence-corrected chi connectivity index (χ1v) is 19.4. The summed E-state index contributed by atoms with van der Waals surface area (Å²) in [4.78, 5) is 47.9. The highest BCUT2D eigenvalue weighted by atomic mass is 32.1. The molecular formula is C39H55N5O6S. The molecule has 3 atom stereocenters. The summed E-state index contributed by atoms with van der Waals surface area (Å²) in [6, 6.07) is 6.41. The second kappa shape index (κ2) is 16.1. The predicted molar refractivity (Wildman–Crippen MR) is 197 cm³/mol. The van der Waals surface area contributed by atoms with Crippen molar-refractivity contribution in [2.45, 2.75) is 110 Å². The quantitative estimate of drug-likeness (QED) is 0.239. The number of aryl methyl sites for hydroxylation is 1. The highest BCUT2D eigenvalue weighted by Crippen LogP contribution is 2.51. The van der Waals surface area contributed by atoms with Crippen molar-refractivity contribution < 1.29 is 28.6 Å². The van der Waals surface area contributed by atoms with Crippen LogP contribution in [0.25, 0.3) is 10.4 Å². The Kier molecular flexibility index (Phi) is 11.8. The van der Waals surface area contributed by atoms with E-state index in [0.29, 0.717) is 24.3 Å². The maximum absolute atomic E-state index is 14.1. The Morgan fingerprint density at radius 3 is 2.43 bits per heavy atom. The number of likely N-dealkylation sites (tertiary alicyclic amines) is 1. The molecule has 6 rings (SSSR count). The van der Waals surface area contributed by atoms with Gasteiger partial charge in [0.2, 0.25) is 17.7 Å². The molecule has 278 valence electrons. The second-order valence-corrected chi connectivity index (χ2v) is 17.0. The molecular weight excluding hydrogens is 667 g/mol. The van der Waals surface area contributed by atoms with Gasteiger partial charge in [0.25, 0.3) is 0 Å². The lowest BCUT2D eigenvalue weighted by atomic mass is 9.58. The number of piperidine rings is 1. The zero-order valence-electron chi connectivity index (χ0n) is 30.6. The van der Waals surface area contributed by atoms with Crippen molar-refractivity contribution in [3.63, 3.8) is 0 Å². The largest absolute Gasteiger partial charge is 0.497 e. The van der Waals surface area contributed by atoms with Crippen LogP contribution in [0.5, 0.6) is 0 Å². The standard InChI is InChI=1S/C39H55N5O6S/c1-6-48-31-17-32(36(46)41-20-26-7-9-28(10-8-26)34-25(2)42-24-51-34)44(21-31)37(47)35(38(3,4)5)43-33(45)23-50-30-15-29(16-30)49-22-27-18-39(19-27)11-13-40-14-12-39/h6-10,24,27,29-32,35,40H,1,11-23H2,2-5H3,(H,41,46)(H,43,45)/t29?,30?,31-,32+,35-/m1/s1. The Hall–Kier alpha value is -3.32. The van der Waals surface area contributed by atoms with E-state index in [0.717, 1.165) is 54.2 Å². The maximum Gasteiger partial charge on any atom is 0.246 e. The number of ether oxygens (including phenoxy) is 3. The van der Waals surface area contributed by atoms with Gasteiger partial charge >= 0.3 is 0 Å². The van der Waals surface area contributed by atoms with Crippen LogP contribution in [0.3, 0.4) is 0 Å². The molecule has 2 aliphatic heterocycles. The average Bonchev–Trinajstić information content (AvgIpc) is 3.70. The predicted octanol–water partition coefficient (Wildman–Crippen LogP) is 4.74. The Labute approximate surface area is 306 Å². The van der Waals surface area contributed by atoms with Crippen LogP contribution in [-0.4, -0.2) is 90.8 Å². The third kappa shape index (κ3) is 9.19. The molecule has 2 aromatic rings. The van der Waals surface area contributed by atoms with Crippen LogP contribution in [0.2, 0.25) is 0 Å². The van der Waals surface area contributed by atoms with Crippen LogP contribution in [0, 0.1) is 23.7 Å². The lowest BCUT2D eigenvalue weighted by Crippen LogP contribution is -2.58. The monoisotopic (exact) mass is 721 g/mol. The molecule has 1 spiro atoms. The van der Waals surface area contributed by atoms with E-state index in [9.17, 15) is 14.4 Å². The number of benzene rings is 1. The summed E-state index contributed by atoms with van der Waals surface area (Å²) < 4.78 is 17.8. The Morgan fingerprint density at radius 1 is 1.08 bits per heavy atom. The van der Waals surface area contributed by atoms with Gasteiger partial charge in [0.1, 0.15) is 24.8 Å². The molecule has 1 aromatic heterocycles. The normalized spacial score (nSPS) is 25.1. The number of amides is 3. The van der Waals surface area contributed by atoms with Crippen LogP contribution in [0.4, 0.5) is 0 Å². The number of hydrogen-bond donors (Lipinski definition) is 3. The smallest absolute Gasteiger partial charge is 0.246 e. The lowest BCUT2D eigenvalue weighted by molar-refractivity contribution is -0.148. The zero-order chi connectivity index (χ0) is 36.2. The van der Waals surface area contributed by atoms with Crippen molar-refractivity contribution in [3.8, 4) is 10.4 Å². The average molecular weight is 722 g/mol. The van der Waals surface area contributed by atoms with Gasteiger partial charge in [-0.2, -0.15) is 0 Å². The molecule has 4 aliphatic rings. The molecule has 51 heavy (non-hydrogen) atoms. The summed E-state index contributed by atoms with van der Waals surface area (Å²) in [6.07, 6.45) is 8.13. The van der Waals surface area contributed by atoms with Crippen LogP contribution >= 0.6 is 11.3 Å². The van der Waals surface area contributed by atoms with E-state index in [2.05, 4.69) is 27.5 Å². The van der Waals surface area contributed by atoms with Crippen LogP contribution < -0.4 is 16.0 Å². The molecule has 0 unspecified atom stereocenters. The molecule has 2 saturated heterocycles. The van der Waals surface area contributed by atoms with Gasteiger partial charge in [-0.25, -0.2) is 4.98 Å². The van der Waals surface area contributed by atoms with E-state index in [1.54, 1.807) is 16.2 Å². The highest BCUT2D eigenvalue weighted by molar-refractivity contribution is 7.13. The molecule has 2 aliphatic carbocycles. The first kappa shape index (κ1) is 37.4. The van der Waals surface area contributed by atoms with Crippen LogP contribution in [0.1, 0.15) is 77.0 Å². The minimum atomic E-state index is -0.864. The Balaban J connectivity index is 0.970. The number of thiazole rings is 1. The highest BCUT2D eigenvalue weighted by Gasteiger charge is 2.46. The van der Waals surface area contributed by atoms with Crippen LogP contribution in [-0.2, 0) is 35.1 Å². The molecule has 1 aromatic carbocycles. The Morgan fingerprint density at radius 2 is 1.78 bits per heavy atom. The molecule has 0 radical (unpaired) electrons.